The Bertz CT molecular complexity index is 2860. The van der Waals surface area contributed by atoms with E-state index in [4.69, 9.17) is 14.5 Å². The normalized spacial score (nSPS) is 17.4. The van der Waals surface area contributed by atoms with E-state index in [1.54, 1.807) is 41.8 Å². The van der Waals surface area contributed by atoms with Gasteiger partial charge in [0.2, 0.25) is 5.60 Å². The number of carbonyl (C=O) groups is 2. The summed E-state index contributed by atoms with van der Waals surface area (Å²) < 4.78 is 14.8. The average Bonchev–Trinajstić information content (AvgIpc) is 3.83. The molecule has 6 aromatic rings. The number of likely N-dealkylation sites (tertiary alicyclic amines) is 1. The van der Waals surface area contributed by atoms with Gasteiger partial charge in [-0.05, 0) is 123 Å². The molecule has 0 saturated carbocycles. The van der Waals surface area contributed by atoms with E-state index in [9.17, 15) is 34.8 Å². The SMILES string of the molecule is CCc1c2c(nc3ccc(O)cc13)-c1cc3c(c(=O)n1C2)COC(=O)[C@@]3(CC)OC(=O)CN1CCC(CCc2ccc(-n3c(O)nnc3-c3cc(C(C)C)c(O)cc3O)cc2)CC1. The zero-order valence-corrected chi connectivity index (χ0v) is 35.7. The first-order valence-electron chi connectivity index (χ1n) is 21.6. The molecular weight excluding hydrogens is 805 g/mol. The Morgan fingerprint density at radius 1 is 0.937 bits per heavy atom. The smallest absolute Gasteiger partial charge is 0.355 e. The molecule has 4 N–H and O–H groups in total. The highest BCUT2D eigenvalue weighted by Gasteiger charge is 2.50. The van der Waals surface area contributed by atoms with Crippen LogP contribution >= 0.6 is 0 Å². The summed E-state index contributed by atoms with van der Waals surface area (Å²) in [4.78, 5) is 48.5. The molecule has 3 aliphatic heterocycles. The number of cyclic esters (lactones) is 1. The molecule has 0 aliphatic carbocycles. The Morgan fingerprint density at radius 3 is 2.41 bits per heavy atom. The Labute approximate surface area is 363 Å². The van der Waals surface area contributed by atoms with Crippen molar-refractivity contribution in [3.63, 3.8) is 0 Å². The van der Waals surface area contributed by atoms with Gasteiger partial charge in [0.1, 0.15) is 23.9 Å². The number of fused-ring (bicyclic) bond motifs is 5. The number of esters is 2. The Hall–Kier alpha value is -6.74. The lowest BCUT2D eigenvalue weighted by molar-refractivity contribution is -0.190. The Balaban J connectivity index is 0.848. The first-order chi connectivity index (χ1) is 30.3. The minimum absolute atomic E-state index is 0.00973. The molecule has 0 spiro atoms. The standard InChI is InChI=1S/C48H50N6O9/c1-5-31-33-19-30(55)13-14-38(33)49-43-35(31)23-53-39(43)21-37-36(45(53)59)25-62-46(60)48(37,6-2)63-42(58)24-52-17-15-28(16-18-52)8-7-27-9-11-29(12-10-27)54-44(50-51-47(54)61)34-20-32(26(3)4)40(56)22-41(34)57/h9-14,19-22,26,28,55-57H,5-8,15-18,23-25H2,1-4H3,(H,51,61)/t48-/m0/s1. The first-order valence-corrected chi connectivity index (χ1v) is 21.6. The second-order valence-electron chi connectivity index (χ2n) is 17.2. The minimum atomic E-state index is -1.79. The van der Waals surface area contributed by atoms with Crippen LogP contribution in [0, 0.1) is 5.92 Å². The summed E-state index contributed by atoms with van der Waals surface area (Å²) in [6.07, 6.45) is 4.27. The van der Waals surface area contributed by atoms with Gasteiger partial charge in [-0.15, -0.1) is 5.10 Å². The summed E-state index contributed by atoms with van der Waals surface area (Å²) >= 11 is 0. The maximum Gasteiger partial charge on any atom is 0.355 e. The number of rotatable bonds is 11. The number of phenols is 3. The maximum atomic E-state index is 14.1. The lowest BCUT2D eigenvalue weighted by Gasteiger charge is -2.37. The number of pyridine rings is 2. The third-order valence-corrected chi connectivity index (χ3v) is 13.1. The molecule has 1 atom stereocenters. The monoisotopic (exact) mass is 854 g/mol. The maximum absolute atomic E-state index is 14.1. The summed E-state index contributed by atoms with van der Waals surface area (Å²) in [5.74, 6) is -0.662. The number of piperidine rings is 1. The van der Waals surface area contributed by atoms with Crippen molar-refractivity contribution in [3.8, 4) is 51.7 Å². The molecule has 3 aliphatic rings. The fourth-order valence-electron chi connectivity index (χ4n) is 9.66. The molecule has 63 heavy (non-hydrogen) atoms. The number of aromatic hydroxyl groups is 4. The molecule has 3 aromatic heterocycles. The van der Waals surface area contributed by atoms with Crippen molar-refractivity contribution in [1.82, 2.24) is 29.2 Å². The Morgan fingerprint density at radius 2 is 1.70 bits per heavy atom. The van der Waals surface area contributed by atoms with E-state index in [-0.39, 0.29) is 65.7 Å². The van der Waals surface area contributed by atoms with Gasteiger partial charge < -0.3 is 34.5 Å². The van der Waals surface area contributed by atoms with Gasteiger partial charge >= 0.3 is 17.9 Å². The van der Waals surface area contributed by atoms with Crippen molar-refractivity contribution < 1.29 is 39.5 Å². The van der Waals surface area contributed by atoms with Crippen molar-refractivity contribution in [1.29, 1.82) is 0 Å². The van der Waals surface area contributed by atoms with Gasteiger partial charge in [-0.3, -0.25) is 14.5 Å². The number of benzene rings is 3. The quantitative estimate of drug-likeness (QED) is 0.0999. The third kappa shape index (κ3) is 7.23. The predicted molar refractivity (Wildman–Crippen MR) is 233 cm³/mol. The van der Waals surface area contributed by atoms with Crippen LogP contribution in [0.15, 0.2) is 65.5 Å². The number of carbonyl (C=O) groups excluding carboxylic acids is 2. The number of aromatic nitrogens is 5. The second-order valence-corrected chi connectivity index (χ2v) is 17.2. The first kappa shape index (κ1) is 41.6. The lowest BCUT2D eigenvalue weighted by atomic mass is 9.85. The van der Waals surface area contributed by atoms with E-state index in [0.29, 0.717) is 71.3 Å². The van der Waals surface area contributed by atoms with Gasteiger partial charge in [0, 0.05) is 22.6 Å². The largest absolute Gasteiger partial charge is 0.508 e. The predicted octanol–water partition coefficient (Wildman–Crippen LogP) is 6.73. The van der Waals surface area contributed by atoms with Crippen molar-refractivity contribution >= 4 is 22.8 Å². The van der Waals surface area contributed by atoms with Crippen molar-refractivity contribution in [2.45, 2.75) is 90.9 Å². The molecule has 9 rings (SSSR count). The molecule has 6 heterocycles. The molecule has 15 nitrogen and oxygen atoms in total. The molecule has 3 aromatic carbocycles. The number of nitrogens with zero attached hydrogens (tertiary/aromatic N) is 6. The fourth-order valence-corrected chi connectivity index (χ4v) is 9.66. The Kier molecular flexibility index (Phi) is 10.7. The zero-order valence-electron chi connectivity index (χ0n) is 35.7. The van der Waals surface area contributed by atoms with Crippen LogP contribution in [0.2, 0.25) is 0 Å². The molecular formula is C48H50N6O9. The topological polar surface area (TPSA) is 202 Å². The number of ether oxygens (including phenoxy) is 2. The van der Waals surface area contributed by atoms with Gasteiger partial charge in [-0.1, -0.05) is 44.9 Å². The van der Waals surface area contributed by atoms with E-state index in [1.807, 2.05) is 49.9 Å². The summed E-state index contributed by atoms with van der Waals surface area (Å²) in [5.41, 5.74) is 4.97. The van der Waals surface area contributed by atoms with Crippen LogP contribution < -0.4 is 5.56 Å². The minimum Gasteiger partial charge on any atom is -0.508 e. The molecule has 1 saturated heterocycles. The van der Waals surface area contributed by atoms with Crippen molar-refractivity contribution in [2.75, 3.05) is 19.6 Å². The zero-order chi connectivity index (χ0) is 44.3. The van der Waals surface area contributed by atoms with E-state index >= 15 is 0 Å². The highest BCUT2D eigenvalue weighted by atomic mass is 16.6. The summed E-state index contributed by atoms with van der Waals surface area (Å²) in [6.45, 7) is 9.06. The van der Waals surface area contributed by atoms with E-state index < -0.39 is 17.5 Å². The number of hydrogen-bond donors (Lipinski definition) is 4. The van der Waals surface area contributed by atoms with Crippen molar-refractivity contribution in [2.24, 2.45) is 5.92 Å². The summed E-state index contributed by atoms with van der Waals surface area (Å²) in [5, 5.41) is 50.7. The number of hydrogen-bond acceptors (Lipinski definition) is 13. The van der Waals surface area contributed by atoms with Crippen LogP contribution in [0.4, 0.5) is 0 Å². The molecule has 15 heteroatoms. The van der Waals surface area contributed by atoms with Crippen LogP contribution in [-0.4, -0.2) is 81.2 Å². The van der Waals surface area contributed by atoms with Gasteiger partial charge in [-0.2, -0.15) is 0 Å². The molecule has 1 fully saturated rings. The molecule has 326 valence electrons. The van der Waals surface area contributed by atoms with Gasteiger partial charge in [0.05, 0.1) is 46.8 Å². The summed E-state index contributed by atoms with van der Waals surface area (Å²) in [6, 6.07) is 17.1. The second kappa shape index (κ2) is 16.2. The van der Waals surface area contributed by atoms with Gasteiger partial charge in [-0.25, -0.2) is 14.3 Å². The molecule has 0 radical (unpaired) electrons. The number of aryl methyl sites for hydroxylation is 2. The van der Waals surface area contributed by atoms with Crippen LogP contribution in [0.1, 0.15) is 92.7 Å². The van der Waals surface area contributed by atoms with Gasteiger partial charge in [0.15, 0.2) is 5.82 Å². The molecule has 0 bridgehead atoms. The van der Waals surface area contributed by atoms with E-state index in [2.05, 4.69) is 10.2 Å². The summed E-state index contributed by atoms with van der Waals surface area (Å²) in [7, 11) is 0. The highest BCUT2D eigenvalue weighted by molar-refractivity contribution is 5.90. The van der Waals surface area contributed by atoms with Crippen molar-refractivity contribution in [3.05, 3.63) is 104 Å². The fraction of sp³-hybridized carbons (Fsp3) is 0.375. The van der Waals surface area contributed by atoms with Crippen LogP contribution in [0.3, 0.4) is 0 Å². The lowest BCUT2D eigenvalue weighted by Crippen LogP contribution is -2.49. The van der Waals surface area contributed by atoms with Crippen LogP contribution in [0.5, 0.6) is 23.3 Å². The molecule has 0 unspecified atom stereocenters. The van der Waals surface area contributed by atoms with Crippen LogP contribution in [0.25, 0.3) is 39.4 Å². The van der Waals surface area contributed by atoms with E-state index in [1.165, 1.54) is 10.6 Å². The van der Waals surface area contributed by atoms with E-state index in [0.717, 1.165) is 47.8 Å². The highest BCUT2D eigenvalue weighted by Crippen LogP contribution is 2.43. The van der Waals surface area contributed by atoms with Crippen LogP contribution in [-0.2, 0) is 50.7 Å². The third-order valence-electron chi connectivity index (χ3n) is 13.1. The number of phenolic OH excluding ortho intramolecular Hbond substituents is 3. The molecule has 0 amide bonds. The average molecular weight is 855 g/mol. The van der Waals surface area contributed by atoms with Gasteiger partial charge in [0.25, 0.3) is 5.56 Å².